The number of ether oxygens (including phenoxy) is 2. The third-order valence-electron chi connectivity index (χ3n) is 4.24. The first-order valence-electron chi connectivity index (χ1n) is 8.31. The lowest BCUT2D eigenvalue weighted by molar-refractivity contribution is 0.0598. The second kappa shape index (κ2) is 7.84. The van der Waals surface area contributed by atoms with Gasteiger partial charge in [-0.2, -0.15) is 0 Å². The number of benzene rings is 1. The number of methoxy groups -OCH3 is 1. The van der Waals surface area contributed by atoms with Gasteiger partial charge < -0.3 is 9.47 Å². The highest BCUT2D eigenvalue weighted by Crippen LogP contribution is 2.40. The molecule has 1 atom stereocenters. The molecule has 1 aliphatic rings. The predicted molar refractivity (Wildman–Crippen MR) is 109 cm³/mol. The Balaban J connectivity index is 2.10. The summed E-state index contributed by atoms with van der Waals surface area (Å²) in [5, 5.41) is 1.67. The number of thiophene rings is 1. The van der Waals surface area contributed by atoms with Crippen molar-refractivity contribution in [3.8, 4) is 11.5 Å². The Kier molecular flexibility index (Phi) is 5.83. The van der Waals surface area contributed by atoms with Crippen LogP contribution < -0.4 is 9.47 Å². The van der Waals surface area contributed by atoms with Gasteiger partial charge in [0, 0.05) is 16.1 Å². The first-order chi connectivity index (χ1) is 13.2. The molecule has 0 saturated heterocycles. The van der Waals surface area contributed by atoms with Crippen molar-refractivity contribution in [1.29, 1.82) is 0 Å². The molecule has 0 N–H and O–H groups in total. The highest BCUT2D eigenvalue weighted by molar-refractivity contribution is 9.10. The largest absolute Gasteiger partial charge is 0.493 e. The number of sulfone groups is 1. The molecule has 28 heavy (non-hydrogen) atoms. The number of amides is 2. The number of hydrogen-bond donors (Lipinski definition) is 0. The van der Waals surface area contributed by atoms with E-state index < -0.39 is 33.4 Å². The molecule has 0 aliphatic carbocycles. The number of halogens is 1. The van der Waals surface area contributed by atoms with Gasteiger partial charge in [-0.3, -0.25) is 14.5 Å². The second-order valence-corrected chi connectivity index (χ2v) is 10.1. The van der Waals surface area contributed by atoms with Gasteiger partial charge in [0.2, 0.25) is 0 Å². The quantitative estimate of drug-likeness (QED) is 0.556. The van der Waals surface area contributed by atoms with Crippen LogP contribution in [0.25, 0.3) is 0 Å². The van der Waals surface area contributed by atoms with Crippen LogP contribution in [0.4, 0.5) is 0 Å². The van der Waals surface area contributed by atoms with E-state index in [2.05, 4.69) is 15.9 Å². The fourth-order valence-corrected chi connectivity index (χ4v) is 5.62. The molecule has 2 heterocycles. The Morgan fingerprint density at radius 1 is 1.21 bits per heavy atom. The second-order valence-electron chi connectivity index (χ2n) is 6.22. The number of carbonyl (C=O) groups is 2. The summed E-state index contributed by atoms with van der Waals surface area (Å²) in [7, 11) is -2.01. The number of carbonyl (C=O) groups excluding carboxylic acids is 2. The summed E-state index contributed by atoms with van der Waals surface area (Å²) >= 11 is 4.44. The lowest BCUT2D eigenvalue weighted by Gasteiger charge is -2.27. The van der Waals surface area contributed by atoms with Crippen molar-refractivity contribution >= 4 is 48.9 Å². The van der Waals surface area contributed by atoms with E-state index >= 15 is 0 Å². The van der Waals surface area contributed by atoms with Crippen LogP contribution in [0.1, 0.15) is 38.6 Å². The van der Waals surface area contributed by atoms with E-state index in [0.717, 1.165) is 22.5 Å². The minimum Gasteiger partial charge on any atom is -0.493 e. The van der Waals surface area contributed by atoms with Crippen molar-refractivity contribution in [3.63, 3.8) is 0 Å². The lowest BCUT2D eigenvalue weighted by atomic mass is 10.1. The van der Waals surface area contributed by atoms with E-state index in [1.165, 1.54) is 7.11 Å². The van der Waals surface area contributed by atoms with Gasteiger partial charge in [-0.05, 0) is 40.5 Å². The summed E-state index contributed by atoms with van der Waals surface area (Å²) in [6.07, 6.45) is 1.07. The standard InChI is InChI=1S/C18H18BrNO6S2/c1-4-26-14-7-10(5-6-13(14)25-2)12(9-28(3,23)24)20-17(21)15-11(19)8-27-16(15)18(20)22/h5-8,12H,4,9H2,1-3H3/t12-/m1/s1. The molecule has 10 heteroatoms. The number of hydrogen-bond acceptors (Lipinski definition) is 7. The van der Waals surface area contributed by atoms with Crippen LogP contribution in [0, 0.1) is 0 Å². The van der Waals surface area contributed by atoms with E-state index in [-0.39, 0.29) is 5.56 Å². The molecule has 3 rings (SSSR count). The topological polar surface area (TPSA) is 90.0 Å². The van der Waals surface area contributed by atoms with Crippen LogP contribution in [-0.2, 0) is 9.84 Å². The Morgan fingerprint density at radius 3 is 2.50 bits per heavy atom. The fraction of sp³-hybridized carbons (Fsp3) is 0.333. The first-order valence-corrected chi connectivity index (χ1v) is 12.0. The number of nitrogens with zero attached hydrogens (tertiary/aromatic N) is 1. The van der Waals surface area contributed by atoms with E-state index in [1.807, 2.05) is 6.92 Å². The zero-order valence-corrected chi connectivity index (χ0v) is 18.6. The van der Waals surface area contributed by atoms with E-state index in [4.69, 9.17) is 9.47 Å². The van der Waals surface area contributed by atoms with Crippen molar-refractivity contribution in [3.05, 3.63) is 44.1 Å². The van der Waals surface area contributed by atoms with E-state index in [1.54, 1.807) is 23.6 Å². The van der Waals surface area contributed by atoms with Crippen molar-refractivity contribution in [2.45, 2.75) is 13.0 Å². The molecule has 0 radical (unpaired) electrons. The average molecular weight is 488 g/mol. The molecule has 0 bridgehead atoms. The summed E-state index contributed by atoms with van der Waals surface area (Å²) in [5.41, 5.74) is 0.745. The summed E-state index contributed by atoms with van der Waals surface area (Å²) in [6, 6.07) is 3.90. The predicted octanol–water partition coefficient (Wildman–Crippen LogP) is 3.30. The smallest absolute Gasteiger partial charge is 0.272 e. The average Bonchev–Trinajstić information content (AvgIpc) is 3.12. The zero-order valence-electron chi connectivity index (χ0n) is 15.4. The highest BCUT2D eigenvalue weighted by atomic mass is 79.9. The number of imide groups is 1. The van der Waals surface area contributed by atoms with Crippen molar-refractivity contribution < 1.29 is 27.5 Å². The highest BCUT2D eigenvalue weighted by Gasteiger charge is 2.44. The van der Waals surface area contributed by atoms with Crippen LogP contribution in [0.15, 0.2) is 28.1 Å². The molecule has 0 unspecified atom stereocenters. The maximum absolute atomic E-state index is 13.0. The van der Waals surface area contributed by atoms with E-state index in [0.29, 0.717) is 33.0 Å². The van der Waals surface area contributed by atoms with Crippen LogP contribution in [0.5, 0.6) is 11.5 Å². The molecule has 1 aromatic heterocycles. The van der Waals surface area contributed by atoms with Crippen molar-refractivity contribution in [2.24, 2.45) is 0 Å². The van der Waals surface area contributed by atoms with Crippen LogP contribution in [-0.4, -0.2) is 50.9 Å². The SMILES string of the molecule is CCOc1cc([C@@H](CS(C)(=O)=O)N2C(=O)c3scc(Br)c3C2=O)ccc1OC. The van der Waals surface area contributed by atoms with Gasteiger partial charge in [-0.25, -0.2) is 8.42 Å². The van der Waals surface area contributed by atoms with E-state index in [9.17, 15) is 18.0 Å². The zero-order chi connectivity index (χ0) is 20.6. The third-order valence-corrected chi connectivity index (χ3v) is 7.05. The summed E-state index contributed by atoms with van der Waals surface area (Å²) in [5.74, 6) is -0.524. The van der Waals surface area contributed by atoms with Gasteiger partial charge in [0.25, 0.3) is 11.8 Å². The van der Waals surface area contributed by atoms with Gasteiger partial charge in [-0.15, -0.1) is 11.3 Å². The fourth-order valence-electron chi connectivity index (χ4n) is 3.07. The third kappa shape index (κ3) is 3.81. The minimum atomic E-state index is -3.50. The monoisotopic (exact) mass is 487 g/mol. The molecule has 150 valence electrons. The Labute approximate surface area is 175 Å². The first kappa shape index (κ1) is 20.8. The maximum Gasteiger partial charge on any atom is 0.272 e. The molecule has 0 saturated carbocycles. The maximum atomic E-state index is 13.0. The summed E-state index contributed by atoms with van der Waals surface area (Å²) < 4.78 is 35.5. The van der Waals surface area contributed by atoms with Gasteiger partial charge in [0.05, 0.1) is 31.1 Å². The summed E-state index contributed by atoms with van der Waals surface area (Å²) in [6.45, 7) is 2.19. The Hall–Kier alpha value is -1.91. The van der Waals surface area contributed by atoms with Crippen molar-refractivity contribution in [1.82, 2.24) is 4.90 Å². The lowest BCUT2D eigenvalue weighted by Crippen LogP contribution is -2.37. The van der Waals surface area contributed by atoms with Gasteiger partial charge in [0.15, 0.2) is 11.5 Å². The van der Waals surface area contributed by atoms with Gasteiger partial charge in [0.1, 0.15) is 14.7 Å². The van der Waals surface area contributed by atoms with Crippen molar-refractivity contribution in [2.75, 3.05) is 25.7 Å². The molecule has 2 amide bonds. The van der Waals surface area contributed by atoms with Crippen LogP contribution in [0.2, 0.25) is 0 Å². The number of rotatable bonds is 7. The van der Waals surface area contributed by atoms with Crippen LogP contribution >= 0.6 is 27.3 Å². The van der Waals surface area contributed by atoms with Crippen LogP contribution in [0.3, 0.4) is 0 Å². The molecule has 1 aliphatic heterocycles. The number of fused-ring (bicyclic) bond motifs is 1. The Bertz CT molecular complexity index is 1050. The molecular weight excluding hydrogens is 470 g/mol. The summed E-state index contributed by atoms with van der Waals surface area (Å²) in [4.78, 5) is 27.2. The minimum absolute atomic E-state index is 0.270. The molecule has 1 aromatic carbocycles. The molecular formula is C18H18BrNO6S2. The normalized spacial score (nSPS) is 14.9. The molecule has 7 nitrogen and oxygen atoms in total. The van der Waals surface area contributed by atoms with Gasteiger partial charge in [-0.1, -0.05) is 6.07 Å². The van der Waals surface area contributed by atoms with Gasteiger partial charge >= 0.3 is 0 Å². The molecule has 0 fully saturated rings. The molecule has 0 spiro atoms. The molecule has 2 aromatic rings. The Morgan fingerprint density at radius 2 is 1.93 bits per heavy atom.